The molecule has 1 rings (SSSR count). The Balaban J connectivity index is 3.35. The summed E-state index contributed by atoms with van der Waals surface area (Å²) in [4.78, 5) is 0. The largest absolute Gasteiger partial charge is 0.493 e. The lowest BCUT2D eigenvalue weighted by Crippen LogP contribution is -2.22. The van der Waals surface area contributed by atoms with E-state index in [0.29, 0.717) is 11.8 Å². The van der Waals surface area contributed by atoms with E-state index < -0.39 is 0 Å². The zero-order valence-electron chi connectivity index (χ0n) is 10.6. The molecule has 0 unspecified atom stereocenters. The van der Waals surface area contributed by atoms with Gasteiger partial charge in [0.1, 0.15) is 0 Å². The molecule has 0 aliphatic rings. The quantitative estimate of drug-likeness (QED) is 0.814. The van der Waals surface area contributed by atoms with Crippen molar-refractivity contribution >= 4 is 0 Å². The van der Waals surface area contributed by atoms with Crippen LogP contribution in [0.1, 0.15) is 58.7 Å². The van der Waals surface area contributed by atoms with Gasteiger partial charge in [0, 0.05) is 5.56 Å². The van der Waals surface area contributed by atoms with Crippen LogP contribution in [0.3, 0.4) is 0 Å². The summed E-state index contributed by atoms with van der Waals surface area (Å²) < 4.78 is 1.72. The van der Waals surface area contributed by atoms with Gasteiger partial charge in [-0.15, -0.1) is 0 Å². The number of hydrogen-bond donors (Lipinski definition) is 1. The number of aromatic nitrogens is 2. The standard InChI is InChI=1S/C12H22N2O/c1-7-9-10(8(2)3)11(15)14(13-9)12(4,5)6/h8,15H,7H2,1-6H3. The van der Waals surface area contributed by atoms with E-state index in [0.717, 1.165) is 17.7 Å². The summed E-state index contributed by atoms with van der Waals surface area (Å²) in [6.07, 6.45) is 0.865. The second kappa shape index (κ2) is 3.87. The second-order valence-corrected chi connectivity index (χ2v) is 5.27. The highest BCUT2D eigenvalue weighted by molar-refractivity contribution is 5.34. The normalized spacial score (nSPS) is 12.5. The SMILES string of the molecule is CCc1nn(C(C)(C)C)c(O)c1C(C)C. The molecule has 0 atom stereocenters. The van der Waals surface area contributed by atoms with E-state index in [4.69, 9.17) is 0 Å². The molecule has 0 bridgehead atoms. The van der Waals surface area contributed by atoms with E-state index in [-0.39, 0.29) is 5.54 Å². The topological polar surface area (TPSA) is 38.0 Å². The lowest BCUT2D eigenvalue weighted by Gasteiger charge is -2.20. The molecule has 1 aromatic heterocycles. The molecule has 3 nitrogen and oxygen atoms in total. The minimum Gasteiger partial charge on any atom is -0.493 e. The monoisotopic (exact) mass is 210 g/mol. The molecule has 0 aliphatic carbocycles. The molecule has 3 heteroatoms. The van der Waals surface area contributed by atoms with Crippen LogP contribution in [0, 0.1) is 0 Å². The van der Waals surface area contributed by atoms with Crippen molar-refractivity contribution in [2.45, 2.75) is 59.4 Å². The molecule has 15 heavy (non-hydrogen) atoms. The summed E-state index contributed by atoms with van der Waals surface area (Å²) >= 11 is 0. The highest BCUT2D eigenvalue weighted by atomic mass is 16.3. The molecule has 86 valence electrons. The summed E-state index contributed by atoms with van der Waals surface area (Å²) in [6, 6.07) is 0. The fourth-order valence-electron chi connectivity index (χ4n) is 1.79. The third-order valence-corrected chi connectivity index (χ3v) is 2.52. The molecule has 0 saturated carbocycles. The van der Waals surface area contributed by atoms with Gasteiger partial charge in [-0.25, -0.2) is 4.68 Å². The van der Waals surface area contributed by atoms with Gasteiger partial charge < -0.3 is 5.11 Å². The summed E-state index contributed by atoms with van der Waals surface area (Å²) in [5, 5.41) is 14.6. The van der Waals surface area contributed by atoms with Gasteiger partial charge in [0.25, 0.3) is 0 Å². The van der Waals surface area contributed by atoms with Crippen LogP contribution in [0.15, 0.2) is 0 Å². The Morgan fingerprint density at radius 1 is 1.33 bits per heavy atom. The van der Waals surface area contributed by atoms with Gasteiger partial charge in [-0.05, 0) is 33.1 Å². The van der Waals surface area contributed by atoms with Crippen molar-refractivity contribution in [1.82, 2.24) is 9.78 Å². The van der Waals surface area contributed by atoms with Crippen LogP contribution in [0.25, 0.3) is 0 Å². The maximum atomic E-state index is 10.1. The molecular formula is C12H22N2O. The third-order valence-electron chi connectivity index (χ3n) is 2.52. The fraction of sp³-hybridized carbons (Fsp3) is 0.750. The molecule has 0 spiro atoms. The Morgan fingerprint density at radius 3 is 2.13 bits per heavy atom. The summed E-state index contributed by atoms with van der Waals surface area (Å²) in [6.45, 7) is 12.4. The van der Waals surface area contributed by atoms with Crippen molar-refractivity contribution in [2.24, 2.45) is 0 Å². The van der Waals surface area contributed by atoms with Crippen molar-refractivity contribution < 1.29 is 5.11 Å². The fourth-order valence-corrected chi connectivity index (χ4v) is 1.79. The van der Waals surface area contributed by atoms with E-state index in [1.54, 1.807) is 4.68 Å². The number of nitrogens with zero attached hydrogens (tertiary/aromatic N) is 2. The van der Waals surface area contributed by atoms with Crippen LogP contribution < -0.4 is 0 Å². The number of hydrogen-bond acceptors (Lipinski definition) is 2. The minimum absolute atomic E-state index is 0.166. The minimum atomic E-state index is -0.166. The first kappa shape index (κ1) is 12.1. The van der Waals surface area contributed by atoms with Crippen LogP contribution in [0.4, 0.5) is 0 Å². The maximum Gasteiger partial charge on any atom is 0.213 e. The molecule has 1 N–H and O–H groups in total. The first-order chi connectivity index (χ1) is 6.79. The van der Waals surface area contributed by atoms with Crippen molar-refractivity contribution in [1.29, 1.82) is 0 Å². The lowest BCUT2D eigenvalue weighted by molar-refractivity contribution is 0.292. The van der Waals surface area contributed by atoms with Crippen LogP contribution >= 0.6 is 0 Å². The van der Waals surface area contributed by atoms with E-state index in [2.05, 4.69) is 25.9 Å². The average molecular weight is 210 g/mol. The number of aryl methyl sites for hydroxylation is 1. The van der Waals surface area contributed by atoms with E-state index in [9.17, 15) is 5.11 Å². The van der Waals surface area contributed by atoms with Crippen molar-refractivity contribution in [3.63, 3.8) is 0 Å². The first-order valence-electron chi connectivity index (χ1n) is 5.60. The zero-order chi connectivity index (χ0) is 11.8. The van der Waals surface area contributed by atoms with Gasteiger partial charge in [-0.1, -0.05) is 20.8 Å². The highest BCUT2D eigenvalue weighted by Crippen LogP contribution is 2.32. The Morgan fingerprint density at radius 2 is 1.87 bits per heavy atom. The third kappa shape index (κ3) is 2.16. The Hall–Kier alpha value is -0.990. The molecule has 1 heterocycles. The van der Waals surface area contributed by atoms with Gasteiger partial charge in [0.2, 0.25) is 5.88 Å². The number of rotatable bonds is 2. The zero-order valence-corrected chi connectivity index (χ0v) is 10.6. The van der Waals surface area contributed by atoms with E-state index in [1.807, 2.05) is 20.8 Å². The lowest BCUT2D eigenvalue weighted by atomic mass is 10.0. The van der Waals surface area contributed by atoms with E-state index in [1.165, 1.54) is 0 Å². The number of aromatic hydroxyl groups is 1. The van der Waals surface area contributed by atoms with Gasteiger partial charge in [-0.2, -0.15) is 5.10 Å². The summed E-state index contributed by atoms with van der Waals surface area (Å²) in [7, 11) is 0. The Bertz CT molecular complexity index is 345. The molecule has 0 saturated heterocycles. The predicted molar refractivity (Wildman–Crippen MR) is 62.4 cm³/mol. The summed E-state index contributed by atoms with van der Waals surface area (Å²) in [5.41, 5.74) is 1.84. The van der Waals surface area contributed by atoms with Crippen LogP contribution in [0.5, 0.6) is 5.88 Å². The molecular weight excluding hydrogens is 188 g/mol. The first-order valence-corrected chi connectivity index (χ1v) is 5.60. The maximum absolute atomic E-state index is 10.1. The molecule has 0 aromatic carbocycles. The van der Waals surface area contributed by atoms with Crippen molar-refractivity contribution in [3.8, 4) is 5.88 Å². The second-order valence-electron chi connectivity index (χ2n) is 5.27. The summed E-state index contributed by atoms with van der Waals surface area (Å²) in [5.74, 6) is 0.644. The Kier molecular flexibility index (Phi) is 3.12. The highest BCUT2D eigenvalue weighted by Gasteiger charge is 2.25. The average Bonchev–Trinajstić information content (AvgIpc) is 2.41. The molecule has 0 fully saturated rings. The Labute approximate surface area is 92.1 Å². The van der Waals surface area contributed by atoms with Gasteiger partial charge in [-0.3, -0.25) is 0 Å². The van der Waals surface area contributed by atoms with Crippen LogP contribution in [0.2, 0.25) is 0 Å². The van der Waals surface area contributed by atoms with E-state index >= 15 is 0 Å². The van der Waals surface area contributed by atoms with Crippen LogP contribution in [-0.4, -0.2) is 14.9 Å². The molecule has 0 radical (unpaired) electrons. The molecule has 1 aromatic rings. The molecule has 0 amide bonds. The molecule has 0 aliphatic heterocycles. The van der Waals surface area contributed by atoms with Crippen molar-refractivity contribution in [3.05, 3.63) is 11.3 Å². The predicted octanol–water partition coefficient (Wildman–Crippen LogP) is 3.03. The van der Waals surface area contributed by atoms with Gasteiger partial charge >= 0.3 is 0 Å². The van der Waals surface area contributed by atoms with Gasteiger partial charge in [0.05, 0.1) is 11.2 Å². The van der Waals surface area contributed by atoms with Gasteiger partial charge in [0.15, 0.2) is 0 Å². The smallest absolute Gasteiger partial charge is 0.213 e. The van der Waals surface area contributed by atoms with Crippen molar-refractivity contribution in [2.75, 3.05) is 0 Å². The van der Waals surface area contributed by atoms with Crippen LogP contribution in [-0.2, 0) is 12.0 Å².